The molecule has 1 N–H and O–H groups in total. The third-order valence-electron chi connectivity index (χ3n) is 2.82. The van der Waals surface area contributed by atoms with Crippen LogP contribution in [0.5, 0.6) is 0 Å². The van der Waals surface area contributed by atoms with Crippen molar-refractivity contribution in [2.75, 3.05) is 0 Å². The fourth-order valence-electron chi connectivity index (χ4n) is 1.84. The smallest absolute Gasteiger partial charge is 0.335 e. The summed E-state index contributed by atoms with van der Waals surface area (Å²) in [6.45, 7) is 0. The number of halogens is 2. The molecule has 0 aliphatic carbocycles. The molecule has 0 bridgehead atoms. The summed E-state index contributed by atoms with van der Waals surface area (Å²) in [7, 11) is 0. The first kappa shape index (κ1) is 12.8. The van der Waals surface area contributed by atoms with E-state index in [1.54, 1.807) is 12.1 Å². The van der Waals surface area contributed by atoms with Gasteiger partial charge in [-0.05, 0) is 46.3 Å². The molecule has 3 aromatic rings. The van der Waals surface area contributed by atoms with Crippen LogP contribution in [0.4, 0.5) is 4.39 Å². The number of carbonyl (C=O) groups is 1. The molecule has 6 heteroatoms. The number of hydrogen-bond donors (Lipinski definition) is 1. The van der Waals surface area contributed by atoms with Gasteiger partial charge in [0, 0.05) is 0 Å². The standard InChI is InChI=1S/C14H7BrFNO3/c15-12-8(2-1-3-9(12)16)13-17-10-6-7(14(18)19)4-5-11(10)20-13/h1-6H,(H,18,19). The lowest BCUT2D eigenvalue weighted by Crippen LogP contribution is -1.94. The Hall–Kier alpha value is -2.21. The van der Waals surface area contributed by atoms with Crippen molar-refractivity contribution < 1.29 is 18.7 Å². The lowest BCUT2D eigenvalue weighted by Gasteiger charge is -1.99. The van der Waals surface area contributed by atoms with E-state index in [0.717, 1.165) is 0 Å². The Labute approximate surface area is 121 Å². The molecular weight excluding hydrogens is 329 g/mol. The van der Waals surface area contributed by atoms with Gasteiger partial charge >= 0.3 is 5.97 Å². The predicted octanol–water partition coefficient (Wildman–Crippen LogP) is 4.09. The molecule has 0 fully saturated rings. The monoisotopic (exact) mass is 335 g/mol. The van der Waals surface area contributed by atoms with E-state index in [1.807, 2.05) is 0 Å². The van der Waals surface area contributed by atoms with Crippen LogP contribution in [-0.4, -0.2) is 16.1 Å². The number of hydrogen-bond acceptors (Lipinski definition) is 3. The highest BCUT2D eigenvalue weighted by Crippen LogP contribution is 2.32. The van der Waals surface area contributed by atoms with Crippen LogP contribution >= 0.6 is 15.9 Å². The molecule has 100 valence electrons. The third kappa shape index (κ3) is 2.08. The molecule has 0 aliphatic heterocycles. The summed E-state index contributed by atoms with van der Waals surface area (Å²) < 4.78 is 19.3. The van der Waals surface area contributed by atoms with Crippen LogP contribution in [0.25, 0.3) is 22.6 Å². The van der Waals surface area contributed by atoms with E-state index in [2.05, 4.69) is 20.9 Å². The van der Waals surface area contributed by atoms with E-state index < -0.39 is 11.8 Å². The van der Waals surface area contributed by atoms with Gasteiger partial charge in [-0.15, -0.1) is 0 Å². The quantitative estimate of drug-likeness (QED) is 0.765. The molecule has 0 amide bonds. The van der Waals surface area contributed by atoms with Crippen molar-refractivity contribution >= 4 is 33.0 Å². The lowest BCUT2D eigenvalue weighted by molar-refractivity contribution is 0.0697. The molecular formula is C14H7BrFNO3. The minimum Gasteiger partial charge on any atom is -0.478 e. The average Bonchev–Trinajstić information content (AvgIpc) is 2.84. The summed E-state index contributed by atoms with van der Waals surface area (Å²) in [5.41, 5.74) is 1.45. The summed E-state index contributed by atoms with van der Waals surface area (Å²) in [4.78, 5) is 15.1. The molecule has 1 aromatic heterocycles. The number of carboxylic acid groups (broad SMARTS) is 1. The Bertz CT molecular complexity index is 828. The molecule has 0 atom stereocenters. The number of rotatable bonds is 2. The zero-order chi connectivity index (χ0) is 14.3. The molecule has 20 heavy (non-hydrogen) atoms. The number of fused-ring (bicyclic) bond motifs is 1. The van der Waals surface area contributed by atoms with E-state index in [9.17, 15) is 9.18 Å². The van der Waals surface area contributed by atoms with Crippen molar-refractivity contribution in [2.24, 2.45) is 0 Å². The summed E-state index contributed by atoms with van der Waals surface area (Å²) in [6, 6.07) is 8.91. The maximum atomic E-state index is 13.5. The molecule has 4 nitrogen and oxygen atoms in total. The van der Waals surface area contributed by atoms with Crippen molar-refractivity contribution in [3.63, 3.8) is 0 Å². The minimum atomic E-state index is -1.04. The Morgan fingerprint density at radius 2 is 2.10 bits per heavy atom. The topological polar surface area (TPSA) is 63.3 Å². The molecule has 0 unspecified atom stereocenters. The molecule has 0 aliphatic rings. The average molecular weight is 336 g/mol. The van der Waals surface area contributed by atoms with Crippen LogP contribution in [0.3, 0.4) is 0 Å². The summed E-state index contributed by atoms with van der Waals surface area (Å²) >= 11 is 3.14. The maximum Gasteiger partial charge on any atom is 0.335 e. The molecule has 0 radical (unpaired) electrons. The Morgan fingerprint density at radius 3 is 2.85 bits per heavy atom. The summed E-state index contributed by atoms with van der Waals surface area (Å²) in [5.74, 6) is -1.23. The molecule has 3 rings (SSSR count). The number of nitrogens with zero attached hydrogens (tertiary/aromatic N) is 1. The van der Waals surface area contributed by atoms with Crippen molar-refractivity contribution in [3.05, 3.63) is 52.3 Å². The maximum absolute atomic E-state index is 13.5. The van der Waals surface area contributed by atoms with Crippen LogP contribution in [0, 0.1) is 5.82 Å². The highest BCUT2D eigenvalue weighted by atomic mass is 79.9. The lowest BCUT2D eigenvalue weighted by atomic mass is 10.2. The first-order valence-corrected chi connectivity index (χ1v) is 6.44. The van der Waals surface area contributed by atoms with Crippen LogP contribution < -0.4 is 0 Å². The largest absolute Gasteiger partial charge is 0.478 e. The minimum absolute atomic E-state index is 0.121. The van der Waals surface area contributed by atoms with Crippen molar-refractivity contribution in [2.45, 2.75) is 0 Å². The fraction of sp³-hybridized carbons (Fsp3) is 0. The number of aromatic carboxylic acids is 1. The zero-order valence-electron chi connectivity index (χ0n) is 9.93. The van der Waals surface area contributed by atoms with Crippen LogP contribution in [0.15, 0.2) is 45.3 Å². The number of benzene rings is 2. The second kappa shape index (κ2) is 4.72. The second-order valence-corrected chi connectivity index (χ2v) is 4.90. The first-order valence-electron chi connectivity index (χ1n) is 5.64. The summed E-state index contributed by atoms with van der Waals surface area (Å²) in [5, 5.41) is 8.93. The summed E-state index contributed by atoms with van der Waals surface area (Å²) in [6.07, 6.45) is 0. The Morgan fingerprint density at radius 1 is 1.30 bits per heavy atom. The third-order valence-corrected chi connectivity index (χ3v) is 3.62. The van der Waals surface area contributed by atoms with Crippen molar-refractivity contribution in [1.82, 2.24) is 4.98 Å². The SMILES string of the molecule is O=C(O)c1ccc2oc(-c3cccc(F)c3Br)nc2c1. The fourth-order valence-corrected chi connectivity index (χ4v) is 2.28. The second-order valence-electron chi connectivity index (χ2n) is 4.11. The van der Waals surface area contributed by atoms with Crippen molar-refractivity contribution in [3.8, 4) is 11.5 Å². The van der Waals surface area contributed by atoms with Gasteiger partial charge in [-0.25, -0.2) is 14.2 Å². The van der Waals surface area contributed by atoms with Crippen LogP contribution in [-0.2, 0) is 0 Å². The van der Waals surface area contributed by atoms with Gasteiger partial charge in [-0.1, -0.05) is 6.07 Å². The molecule has 1 heterocycles. The number of aromatic nitrogens is 1. The van der Waals surface area contributed by atoms with Gasteiger partial charge < -0.3 is 9.52 Å². The van der Waals surface area contributed by atoms with Gasteiger partial charge in [0.15, 0.2) is 5.58 Å². The van der Waals surface area contributed by atoms with Gasteiger partial charge in [0.1, 0.15) is 11.3 Å². The predicted molar refractivity (Wildman–Crippen MR) is 74.1 cm³/mol. The van der Waals surface area contributed by atoms with E-state index in [-0.39, 0.29) is 15.9 Å². The van der Waals surface area contributed by atoms with Crippen LogP contribution in [0.1, 0.15) is 10.4 Å². The van der Waals surface area contributed by atoms with Gasteiger partial charge in [-0.3, -0.25) is 0 Å². The Balaban J connectivity index is 2.18. The molecule has 0 saturated carbocycles. The number of carboxylic acids is 1. The van der Waals surface area contributed by atoms with E-state index in [1.165, 1.54) is 24.3 Å². The highest BCUT2D eigenvalue weighted by Gasteiger charge is 2.15. The highest BCUT2D eigenvalue weighted by molar-refractivity contribution is 9.10. The van der Waals surface area contributed by atoms with Crippen LogP contribution in [0.2, 0.25) is 0 Å². The zero-order valence-corrected chi connectivity index (χ0v) is 11.5. The Kier molecular flexibility index (Phi) is 3.02. The molecule has 0 saturated heterocycles. The van der Waals surface area contributed by atoms with Gasteiger partial charge in [-0.2, -0.15) is 0 Å². The van der Waals surface area contributed by atoms with Gasteiger partial charge in [0.2, 0.25) is 5.89 Å². The van der Waals surface area contributed by atoms with Crippen molar-refractivity contribution in [1.29, 1.82) is 0 Å². The molecule has 2 aromatic carbocycles. The van der Waals surface area contributed by atoms with E-state index >= 15 is 0 Å². The molecule has 0 spiro atoms. The van der Waals surface area contributed by atoms with Gasteiger partial charge in [0.25, 0.3) is 0 Å². The number of oxazole rings is 1. The first-order chi connectivity index (χ1) is 9.56. The van der Waals surface area contributed by atoms with E-state index in [4.69, 9.17) is 9.52 Å². The van der Waals surface area contributed by atoms with E-state index in [0.29, 0.717) is 16.7 Å². The van der Waals surface area contributed by atoms with Gasteiger partial charge in [0.05, 0.1) is 15.6 Å². The normalized spacial score (nSPS) is 10.9.